The van der Waals surface area contributed by atoms with E-state index in [0.717, 1.165) is 25.6 Å². The van der Waals surface area contributed by atoms with E-state index in [9.17, 15) is 0 Å². The molecule has 1 fully saturated rings. The number of thioether (sulfide) groups is 1. The minimum absolute atomic E-state index is 0.774. The highest BCUT2D eigenvalue weighted by atomic mass is 32.2. The SMILES string of the molecule is COCCNCc1cccc(SCC2CCCC2)c1. The van der Waals surface area contributed by atoms with E-state index in [1.54, 1.807) is 7.11 Å². The van der Waals surface area contributed by atoms with Gasteiger partial charge in [0.2, 0.25) is 0 Å². The highest BCUT2D eigenvalue weighted by Crippen LogP contribution is 2.31. The monoisotopic (exact) mass is 279 g/mol. The molecule has 0 unspecified atom stereocenters. The predicted molar refractivity (Wildman–Crippen MR) is 82.7 cm³/mol. The molecule has 0 bridgehead atoms. The van der Waals surface area contributed by atoms with Gasteiger partial charge in [-0.3, -0.25) is 0 Å². The first-order valence-electron chi connectivity index (χ1n) is 7.30. The Bertz CT molecular complexity index is 364. The Morgan fingerprint density at radius 3 is 2.95 bits per heavy atom. The molecular weight excluding hydrogens is 254 g/mol. The quantitative estimate of drug-likeness (QED) is 0.579. The maximum absolute atomic E-state index is 5.03. The third-order valence-corrected chi connectivity index (χ3v) is 4.90. The molecule has 2 nitrogen and oxygen atoms in total. The molecule has 0 saturated heterocycles. The average Bonchev–Trinajstić information content (AvgIpc) is 2.95. The topological polar surface area (TPSA) is 21.3 Å². The fourth-order valence-corrected chi connectivity index (χ4v) is 3.71. The van der Waals surface area contributed by atoms with Gasteiger partial charge in [0.05, 0.1) is 6.61 Å². The number of nitrogens with one attached hydrogen (secondary N) is 1. The number of benzene rings is 1. The normalized spacial score (nSPS) is 16.1. The Balaban J connectivity index is 1.74. The molecule has 0 aliphatic heterocycles. The average molecular weight is 279 g/mol. The number of ether oxygens (including phenoxy) is 1. The summed E-state index contributed by atoms with van der Waals surface area (Å²) in [6, 6.07) is 8.92. The summed E-state index contributed by atoms with van der Waals surface area (Å²) < 4.78 is 5.03. The fourth-order valence-electron chi connectivity index (χ4n) is 2.54. The molecule has 0 heterocycles. The molecule has 1 N–H and O–H groups in total. The van der Waals surface area contributed by atoms with Gasteiger partial charge < -0.3 is 10.1 Å². The molecule has 19 heavy (non-hydrogen) atoms. The van der Waals surface area contributed by atoms with Gasteiger partial charge in [-0.05, 0) is 36.5 Å². The Hall–Kier alpha value is -0.510. The van der Waals surface area contributed by atoms with E-state index >= 15 is 0 Å². The molecule has 0 spiro atoms. The minimum Gasteiger partial charge on any atom is -0.383 e. The van der Waals surface area contributed by atoms with Crippen LogP contribution in [0.25, 0.3) is 0 Å². The molecule has 0 amide bonds. The molecule has 1 aromatic rings. The second-order valence-electron chi connectivity index (χ2n) is 5.28. The van der Waals surface area contributed by atoms with Crippen LogP contribution < -0.4 is 5.32 Å². The van der Waals surface area contributed by atoms with Crippen LogP contribution in [0.4, 0.5) is 0 Å². The van der Waals surface area contributed by atoms with Crippen molar-refractivity contribution >= 4 is 11.8 Å². The van der Waals surface area contributed by atoms with Gasteiger partial charge in [0.25, 0.3) is 0 Å². The summed E-state index contributed by atoms with van der Waals surface area (Å²) in [6.45, 7) is 2.62. The molecule has 0 atom stereocenters. The van der Waals surface area contributed by atoms with Gasteiger partial charge in [0.15, 0.2) is 0 Å². The molecule has 1 aliphatic carbocycles. The van der Waals surface area contributed by atoms with Crippen molar-refractivity contribution < 1.29 is 4.74 Å². The summed E-state index contributed by atoms with van der Waals surface area (Å²) in [4.78, 5) is 1.41. The molecule has 3 heteroatoms. The summed E-state index contributed by atoms with van der Waals surface area (Å²) in [5, 5.41) is 3.39. The first-order valence-corrected chi connectivity index (χ1v) is 8.28. The molecule has 1 saturated carbocycles. The van der Waals surface area contributed by atoms with Crippen LogP contribution in [0, 0.1) is 5.92 Å². The molecule has 2 rings (SSSR count). The Morgan fingerprint density at radius 1 is 1.32 bits per heavy atom. The Morgan fingerprint density at radius 2 is 2.16 bits per heavy atom. The van der Waals surface area contributed by atoms with Crippen molar-refractivity contribution in [3.05, 3.63) is 29.8 Å². The lowest BCUT2D eigenvalue weighted by Crippen LogP contribution is -2.18. The van der Waals surface area contributed by atoms with Gasteiger partial charge in [-0.1, -0.05) is 25.0 Å². The number of hydrogen-bond donors (Lipinski definition) is 1. The van der Waals surface area contributed by atoms with E-state index < -0.39 is 0 Å². The van der Waals surface area contributed by atoms with E-state index in [-0.39, 0.29) is 0 Å². The van der Waals surface area contributed by atoms with Crippen LogP contribution in [0.5, 0.6) is 0 Å². The lowest BCUT2D eigenvalue weighted by molar-refractivity contribution is 0.199. The highest BCUT2D eigenvalue weighted by Gasteiger charge is 2.14. The van der Waals surface area contributed by atoms with Crippen LogP contribution in [0.3, 0.4) is 0 Å². The largest absolute Gasteiger partial charge is 0.383 e. The first kappa shape index (κ1) is 14.9. The van der Waals surface area contributed by atoms with Gasteiger partial charge in [-0.25, -0.2) is 0 Å². The second-order valence-corrected chi connectivity index (χ2v) is 6.37. The van der Waals surface area contributed by atoms with E-state index in [4.69, 9.17) is 4.74 Å². The minimum atomic E-state index is 0.774. The van der Waals surface area contributed by atoms with Crippen molar-refractivity contribution in [1.29, 1.82) is 0 Å². The van der Waals surface area contributed by atoms with Crippen molar-refractivity contribution in [1.82, 2.24) is 5.32 Å². The van der Waals surface area contributed by atoms with Gasteiger partial charge in [0.1, 0.15) is 0 Å². The standard InChI is InChI=1S/C16H25NOS/c1-18-10-9-17-12-15-7-4-8-16(11-15)19-13-14-5-2-3-6-14/h4,7-8,11,14,17H,2-3,5-6,9-10,12-13H2,1H3. The van der Waals surface area contributed by atoms with Gasteiger partial charge in [-0.15, -0.1) is 11.8 Å². The van der Waals surface area contributed by atoms with E-state index in [2.05, 4.69) is 29.6 Å². The third kappa shape index (κ3) is 5.55. The van der Waals surface area contributed by atoms with Gasteiger partial charge in [-0.2, -0.15) is 0 Å². The third-order valence-electron chi connectivity index (χ3n) is 3.67. The summed E-state index contributed by atoms with van der Waals surface area (Å²) in [6.07, 6.45) is 5.75. The van der Waals surface area contributed by atoms with Gasteiger partial charge >= 0.3 is 0 Å². The molecule has 0 aromatic heterocycles. The van der Waals surface area contributed by atoms with Crippen LogP contribution in [0.1, 0.15) is 31.2 Å². The highest BCUT2D eigenvalue weighted by molar-refractivity contribution is 7.99. The number of methoxy groups -OCH3 is 1. The zero-order valence-corrected chi connectivity index (χ0v) is 12.7. The summed E-state index contributed by atoms with van der Waals surface area (Å²) in [7, 11) is 1.74. The molecular formula is C16H25NOS. The summed E-state index contributed by atoms with van der Waals surface area (Å²) >= 11 is 2.02. The maximum Gasteiger partial charge on any atom is 0.0587 e. The van der Waals surface area contributed by atoms with Crippen molar-refractivity contribution in [2.24, 2.45) is 5.92 Å². The lowest BCUT2D eigenvalue weighted by Gasteiger charge is -2.10. The molecule has 106 valence electrons. The van der Waals surface area contributed by atoms with Crippen molar-refractivity contribution in [2.45, 2.75) is 37.1 Å². The van der Waals surface area contributed by atoms with Crippen molar-refractivity contribution in [2.75, 3.05) is 26.0 Å². The smallest absolute Gasteiger partial charge is 0.0587 e. The van der Waals surface area contributed by atoms with E-state index in [1.807, 2.05) is 11.8 Å². The van der Waals surface area contributed by atoms with Crippen LogP contribution in [-0.2, 0) is 11.3 Å². The summed E-state index contributed by atoms with van der Waals surface area (Å²) in [5.74, 6) is 2.24. The Kier molecular flexibility index (Phi) is 6.75. The molecule has 1 aromatic carbocycles. The van der Waals surface area contributed by atoms with Crippen molar-refractivity contribution in [3.8, 4) is 0 Å². The maximum atomic E-state index is 5.03. The fraction of sp³-hybridized carbons (Fsp3) is 0.625. The Labute approximate surface area is 121 Å². The second kappa shape index (κ2) is 8.62. The molecule has 0 radical (unpaired) electrons. The lowest BCUT2D eigenvalue weighted by atomic mass is 10.1. The van der Waals surface area contributed by atoms with Crippen LogP contribution in [0.2, 0.25) is 0 Å². The van der Waals surface area contributed by atoms with Crippen LogP contribution in [-0.4, -0.2) is 26.0 Å². The van der Waals surface area contributed by atoms with E-state index in [1.165, 1.54) is 41.9 Å². The van der Waals surface area contributed by atoms with Crippen molar-refractivity contribution in [3.63, 3.8) is 0 Å². The molecule has 1 aliphatic rings. The first-order chi connectivity index (χ1) is 9.38. The number of rotatable bonds is 8. The van der Waals surface area contributed by atoms with Crippen LogP contribution >= 0.6 is 11.8 Å². The predicted octanol–water partition coefficient (Wildman–Crippen LogP) is 3.70. The van der Waals surface area contributed by atoms with Crippen LogP contribution in [0.15, 0.2) is 29.2 Å². The zero-order valence-electron chi connectivity index (χ0n) is 11.9. The summed E-state index contributed by atoms with van der Waals surface area (Å²) in [5.41, 5.74) is 1.37. The number of hydrogen-bond acceptors (Lipinski definition) is 3. The van der Waals surface area contributed by atoms with Gasteiger partial charge in [0, 0.05) is 30.8 Å². The van der Waals surface area contributed by atoms with E-state index in [0.29, 0.717) is 0 Å². The zero-order chi connectivity index (χ0) is 13.3.